The van der Waals surface area contributed by atoms with E-state index in [2.05, 4.69) is 53.8 Å². The Balaban J connectivity index is 1.49. The van der Waals surface area contributed by atoms with E-state index in [4.69, 9.17) is 0 Å². The molecule has 2 saturated heterocycles. The van der Waals surface area contributed by atoms with Gasteiger partial charge in [-0.25, -0.2) is 0 Å². The first-order valence-corrected chi connectivity index (χ1v) is 8.33. The SMILES string of the molecule is OC1(Cc2ccc(-c3ccccc3)cc2)CC2CCC(C1)N2. The molecule has 2 heteroatoms. The van der Waals surface area contributed by atoms with Gasteiger partial charge >= 0.3 is 0 Å². The van der Waals surface area contributed by atoms with E-state index in [-0.39, 0.29) is 0 Å². The Morgan fingerprint density at radius 1 is 0.864 bits per heavy atom. The number of benzene rings is 2. The zero-order chi connectivity index (χ0) is 15.0. The second-order valence-electron chi connectivity index (χ2n) is 7.01. The van der Waals surface area contributed by atoms with Gasteiger partial charge in [0.25, 0.3) is 0 Å². The first kappa shape index (κ1) is 14.0. The summed E-state index contributed by atoms with van der Waals surface area (Å²) in [5, 5.41) is 14.6. The van der Waals surface area contributed by atoms with Gasteiger partial charge in [-0.15, -0.1) is 0 Å². The number of rotatable bonds is 3. The third kappa shape index (κ3) is 2.81. The van der Waals surface area contributed by atoms with Crippen molar-refractivity contribution in [3.05, 3.63) is 60.2 Å². The number of aliphatic hydroxyl groups is 1. The third-order valence-corrected chi connectivity index (χ3v) is 5.18. The zero-order valence-electron chi connectivity index (χ0n) is 12.8. The van der Waals surface area contributed by atoms with Crippen LogP contribution in [-0.2, 0) is 6.42 Å². The van der Waals surface area contributed by atoms with E-state index in [0.717, 1.165) is 19.3 Å². The largest absolute Gasteiger partial charge is 0.389 e. The number of nitrogens with one attached hydrogen (secondary N) is 1. The number of fused-ring (bicyclic) bond motifs is 2. The minimum absolute atomic E-state index is 0.521. The fraction of sp³-hybridized carbons (Fsp3) is 0.400. The molecule has 0 spiro atoms. The van der Waals surface area contributed by atoms with Crippen LogP contribution < -0.4 is 5.32 Å². The van der Waals surface area contributed by atoms with Crippen molar-refractivity contribution in [2.45, 2.75) is 49.8 Å². The molecule has 0 aliphatic carbocycles. The molecule has 2 unspecified atom stereocenters. The summed E-state index contributed by atoms with van der Waals surface area (Å²) in [6.45, 7) is 0. The lowest BCUT2D eigenvalue weighted by Crippen LogP contribution is -2.49. The summed E-state index contributed by atoms with van der Waals surface area (Å²) in [4.78, 5) is 0. The molecule has 0 aromatic heterocycles. The molecule has 2 bridgehead atoms. The summed E-state index contributed by atoms with van der Waals surface area (Å²) in [5.74, 6) is 0. The van der Waals surface area contributed by atoms with E-state index >= 15 is 0 Å². The highest BCUT2D eigenvalue weighted by Crippen LogP contribution is 2.36. The molecule has 0 amide bonds. The van der Waals surface area contributed by atoms with Crippen molar-refractivity contribution in [2.24, 2.45) is 0 Å². The molecular weight excluding hydrogens is 270 g/mol. The van der Waals surface area contributed by atoms with Crippen LogP contribution in [0.4, 0.5) is 0 Å². The van der Waals surface area contributed by atoms with E-state index < -0.39 is 5.60 Å². The number of piperidine rings is 1. The van der Waals surface area contributed by atoms with Gasteiger partial charge in [0.2, 0.25) is 0 Å². The van der Waals surface area contributed by atoms with Crippen LogP contribution in [-0.4, -0.2) is 22.8 Å². The maximum absolute atomic E-state index is 11.0. The van der Waals surface area contributed by atoms with Gasteiger partial charge < -0.3 is 10.4 Å². The summed E-state index contributed by atoms with van der Waals surface area (Å²) in [6.07, 6.45) is 5.00. The molecule has 0 radical (unpaired) electrons. The van der Waals surface area contributed by atoms with Gasteiger partial charge in [0, 0.05) is 18.5 Å². The Morgan fingerprint density at radius 2 is 1.45 bits per heavy atom. The zero-order valence-corrected chi connectivity index (χ0v) is 12.8. The molecule has 114 valence electrons. The number of hydrogen-bond acceptors (Lipinski definition) is 2. The lowest BCUT2D eigenvalue weighted by atomic mass is 9.82. The van der Waals surface area contributed by atoms with Crippen molar-refractivity contribution >= 4 is 0 Å². The highest BCUT2D eigenvalue weighted by Gasteiger charge is 2.42. The van der Waals surface area contributed by atoms with E-state index in [1.807, 2.05) is 6.07 Å². The molecular formula is C20H23NO. The summed E-state index contributed by atoms with van der Waals surface area (Å²) in [7, 11) is 0. The molecule has 2 N–H and O–H groups in total. The summed E-state index contributed by atoms with van der Waals surface area (Å²) >= 11 is 0. The lowest BCUT2D eigenvalue weighted by Gasteiger charge is -2.37. The van der Waals surface area contributed by atoms with Crippen molar-refractivity contribution in [2.75, 3.05) is 0 Å². The van der Waals surface area contributed by atoms with E-state index in [9.17, 15) is 5.11 Å². The molecule has 2 atom stereocenters. The van der Waals surface area contributed by atoms with Crippen LogP contribution in [0.1, 0.15) is 31.2 Å². The topological polar surface area (TPSA) is 32.3 Å². The molecule has 22 heavy (non-hydrogen) atoms. The first-order valence-electron chi connectivity index (χ1n) is 8.33. The average molecular weight is 293 g/mol. The predicted molar refractivity (Wildman–Crippen MR) is 89.7 cm³/mol. The normalized spacial score (nSPS) is 30.4. The molecule has 2 fully saturated rings. The van der Waals surface area contributed by atoms with Gasteiger partial charge in [0.05, 0.1) is 5.60 Å². The van der Waals surface area contributed by atoms with Gasteiger partial charge in [0.1, 0.15) is 0 Å². The molecule has 2 aliphatic heterocycles. The molecule has 2 heterocycles. The molecule has 2 aromatic rings. The van der Waals surface area contributed by atoms with Gasteiger partial charge in [-0.3, -0.25) is 0 Å². The molecule has 2 aliphatic rings. The van der Waals surface area contributed by atoms with Crippen molar-refractivity contribution in [3.8, 4) is 11.1 Å². The Kier molecular flexibility index (Phi) is 3.51. The van der Waals surface area contributed by atoms with Crippen LogP contribution in [0.15, 0.2) is 54.6 Å². The Labute approximate surface area is 132 Å². The Hall–Kier alpha value is -1.64. The molecule has 2 nitrogen and oxygen atoms in total. The van der Waals surface area contributed by atoms with E-state index in [0.29, 0.717) is 12.1 Å². The highest BCUT2D eigenvalue weighted by atomic mass is 16.3. The molecule has 2 aromatic carbocycles. The van der Waals surface area contributed by atoms with Gasteiger partial charge in [-0.05, 0) is 42.4 Å². The standard InChI is InChI=1S/C20H23NO/c22-20(13-18-10-11-19(14-20)21-18)12-15-6-8-17(9-7-15)16-4-2-1-3-5-16/h1-9,18-19,21-22H,10-14H2. The van der Waals surface area contributed by atoms with Crippen LogP contribution in [0.2, 0.25) is 0 Å². The van der Waals surface area contributed by atoms with Crippen LogP contribution in [0.25, 0.3) is 11.1 Å². The monoisotopic (exact) mass is 293 g/mol. The molecule has 0 saturated carbocycles. The smallest absolute Gasteiger partial charge is 0.0717 e. The molecule has 4 rings (SSSR count). The fourth-order valence-electron chi connectivity index (χ4n) is 4.19. The van der Waals surface area contributed by atoms with Crippen molar-refractivity contribution in [1.82, 2.24) is 5.32 Å². The average Bonchev–Trinajstić information content (AvgIpc) is 2.88. The van der Waals surface area contributed by atoms with E-state index in [1.165, 1.54) is 29.5 Å². The third-order valence-electron chi connectivity index (χ3n) is 5.18. The maximum Gasteiger partial charge on any atom is 0.0717 e. The van der Waals surface area contributed by atoms with Crippen molar-refractivity contribution in [1.29, 1.82) is 0 Å². The minimum atomic E-state index is -0.522. The van der Waals surface area contributed by atoms with Crippen molar-refractivity contribution in [3.63, 3.8) is 0 Å². The van der Waals surface area contributed by atoms with Gasteiger partial charge in [0.15, 0.2) is 0 Å². The first-order chi connectivity index (χ1) is 10.7. The van der Waals surface area contributed by atoms with Crippen LogP contribution >= 0.6 is 0 Å². The second kappa shape index (κ2) is 5.53. The summed E-state index contributed by atoms with van der Waals surface area (Å²) in [5.41, 5.74) is 3.20. The van der Waals surface area contributed by atoms with Crippen LogP contribution in [0, 0.1) is 0 Å². The fourth-order valence-corrected chi connectivity index (χ4v) is 4.19. The van der Waals surface area contributed by atoms with Gasteiger partial charge in [-0.1, -0.05) is 54.6 Å². The Morgan fingerprint density at radius 3 is 2.09 bits per heavy atom. The second-order valence-corrected chi connectivity index (χ2v) is 7.01. The predicted octanol–water partition coefficient (Wildman–Crippen LogP) is 3.54. The minimum Gasteiger partial charge on any atom is -0.389 e. The summed E-state index contributed by atoms with van der Waals surface area (Å²) < 4.78 is 0. The lowest BCUT2D eigenvalue weighted by molar-refractivity contribution is -0.00608. The Bertz CT molecular complexity index is 623. The quantitative estimate of drug-likeness (QED) is 0.907. The highest BCUT2D eigenvalue weighted by molar-refractivity contribution is 5.63. The van der Waals surface area contributed by atoms with Crippen molar-refractivity contribution < 1.29 is 5.11 Å². The van der Waals surface area contributed by atoms with E-state index in [1.54, 1.807) is 0 Å². The van der Waals surface area contributed by atoms with Crippen LogP contribution in [0.3, 0.4) is 0 Å². The summed E-state index contributed by atoms with van der Waals surface area (Å²) in [6, 6.07) is 20.2. The van der Waals surface area contributed by atoms with Gasteiger partial charge in [-0.2, -0.15) is 0 Å². The maximum atomic E-state index is 11.0. The number of hydrogen-bond donors (Lipinski definition) is 2. The van der Waals surface area contributed by atoms with Crippen LogP contribution in [0.5, 0.6) is 0 Å².